The molecule has 7 nitrogen and oxygen atoms in total. The maximum absolute atomic E-state index is 13.3. The Morgan fingerprint density at radius 1 is 1.13 bits per heavy atom. The SMILES string of the molecule is Cc1csc(C2OC(C)Cn3c(-c4ccccc4)c4c(=O)n(C)c(=O)n(C)c4c32)n1. The Morgan fingerprint density at radius 3 is 2.53 bits per heavy atom. The number of rotatable bonds is 2. The molecule has 0 saturated heterocycles. The third kappa shape index (κ3) is 2.64. The fourth-order valence-electron chi connectivity index (χ4n) is 4.36. The minimum atomic E-state index is -0.440. The first-order valence-corrected chi connectivity index (χ1v) is 10.7. The fourth-order valence-corrected chi connectivity index (χ4v) is 5.19. The summed E-state index contributed by atoms with van der Waals surface area (Å²) in [7, 11) is 3.23. The van der Waals surface area contributed by atoms with Crippen LogP contribution >= 0.6 is 11.3 Å². The summed E-state index contributed by atoms with van der Waals surface area (Å²) in [4.78, 5) is 30.8. The van der Waals surface area contributed by atoms with Gasteiger partial charge in [-0.15, -0.1) is 11.3 Å². The van der Waals surface area contributed by atoms with Crippen LogP contribution in [0.2, 0.25) is 0 Å². The summed E-state index contributed by atoms with van der Waals surface area (Å²) in [5.41, 5.74) is 3.47. The molecule has 0 amide bonds. The summed E-state index contributed by atoms with van der Waals surface area (Å²) in [6.07, 6.45) is -0.512. The summed E-state index contributed by atoms with van der Waals surface area (Å²) in [6.45, 7) is 4.56. The summed E-state index contributed by atoms with van der Waals surface area (Å²) in [6, 6.07) is 9.85. The van der Waals surface area contributed by atoms with Crippen LogP contribution in [0.3, 0.4) is 0 Å². The van der Waals surface area contributed by atoms with E-state index in [1.54, 1.807) is 11.6 Å². The maximum Gasteiger partial charge on any atom is 0.331 e. The summed E-state index contributed by atoms with van der Waals surface area (Å²) in [5.74, 6) is 0. The predicted molar refractivity (Wildman–Crippen MR) is 117 cm³/mol. The third-order valence-corrected chi connectivity index (χ3v) is 6.68. The Kier molecular flexibility index (Phi) is 4.30. The van der Waals surface area contributed by atoms with E-state index in [1.165, 1.54) is 23.0 Å². The van der Waals surface area contributed by atoms with Gasteiger partial charge < -0.3 is 9.30 Å². The first kappa shape index (κ1) is 19.0. The van der Waals surface area contributed by atoms with Gasteiger partial charge in [0, 0.05) is 31.7 Å². The molecular formula is C22H22N4O3S. The lowest BCUT2D eigenvalue weighted by Gasteiger charge is -2.30. The highest BCUT2D eigenvalue weighted by Gasteiger charge is 2.36. The quantitative estimate of drug-likeness (QED) is 0.498. The molecule has 30 heavy (non-hydrogen) atoms. The molecule has 1 aromatic carbocycles. The lowest BCUT2D eigenvalue weighted by molar-refractivity contribution is -0.0143. The smallest absolute Gasteiger partial charge is 0.331 e. The molecule has 0 bridgehead atoms. The molecule has 0 N–H and O–H groups in total. The number of benzene rings is 1. The second kappa shape index (κ2) is 6.78. The Balaban J connectivity index is 1.98. The monoisotopic (exact) mass is 422 g/mol. The van der Waals surface area contributed by atoms with Crippen molar-refractivity contribution in [2.75, 3.05) is 0 Å². The Bertz CT molecular complexity index is 1390. The molecule has 5 rings (SSSR count). The zero-order chi connectivity index (χ0) is 21.2. The largest absolute Gasteiger partial charge is 0.360 e. The van der Waals surface area contributed by atoms with Gasteiger partial charge in [0.15, 0.2) is 6.10 Å². The minimum Gasteiger partial charge on any atom is -0.360 e. The highest BCUT2D eigenvalue weighted by molar-refractivity contribution is 7.09. The van der Waals surface area contributed by atoms with Gasteiger partial charge in [0.2, 0.25) is 0 Å². The van der Waals surface area contributed by atoms with E-state index < -0.39 is 6.10 Å². The summed E-state index contributed by atoms with van der Waals surface area (Å²) in [5, 5.41) is 3.35. The van der Waals surface area contributed by atoms with Crippen LogP contribution in [0.5, 0.6) is 0 Å². The van der Waals surface area contributed by atoms with E-state index in [-0.39, 0.29) is 17.4 Å². The Labute approximate surface area is 176 Å². The maximum atomic E-state index is 13.3. The summed E-state index contributed by atoms with van der Waals surface area (Å²) >= 11 is 1.53. The number of aromatic nitrogens is 4. The van der Waals surface area contributed by atoms with Crippen LogP contribution < -0.4 is 11.2 Å². The standard InChI is InChI=1S/C22H22N4O3S/c1-12-11-30-20(23-12)19-18-17-15(21(27)25(4)22(28)24(17)3)16(14-8-6-5-7-9-14)26(18)10-13(2)29-19/h5-9,11,13,19H,10H2,1-4H3. The van der Waals surface area contributed by atoms with Crippen LogP contribution in [-0.4, -0.2) is 24.8 Å². The van der Waals surface area contributed by atoms with Gasteiger partial charge in [-0.25, -0.2) is 9.78 Å². The number of fused-ring (bicyclic) bond motifs is 3. The molecule has 0 spiro atoms. The van der Waals surface area contributed by atoms with Crippen molar-refractivity contribution in [3.05, 3.63) is 72.9 Å². The van der Waals surface area contributed by atoms with Crippen molar-refractivity contribution in [1.29, 1.82) is 0 Å². The van der Waals surface area contributed by atoms with E-state index in [9.17, 15) is 9.59 Å². The lowest BCUT2D eigenvalue weighted by Crippen LogP contribution is -2.37. The average molecular weight is 423 g/mol. The molecule has 1 aliphatic rings. The predicted octanol–water partition coefficient (Wildman–Crippen LogP) is 2.98. The van der Waals surface area contributed by atoms with Gasteiger partial charge in [-0.1, -0.05) is 30.3 Å². The van der Waals surface area contributed by atoms with Crippen LogP contribution in [0.15, 0.2) is 45.3 Å². The van der Waals surface area contributed by atoms with Crippen molar-refractivity contribution >= 4 is 22.2 Å². The summed E-state index contributed by atoms with van der Waals surface area (Å²) < 4.78 is 11.2. The van der Waals surface area contributed by atoms with Crippen LogP contribution in [0.25, 0.3) is 22.2 Å². The molecule has 3 aromatic heterocycles. The number of thiazole rings is 1. The molecule has 4 aromatic rings. The van der Waals surface area contributed by atoms with Gasteiger partial charge in [-0.05, 0) is 19.4 Å². The molecule has 8 heteroatoms. The van der Waals surface area contributed by atoms with Crippen molar-refractivity contribution in [2.45, 2.75) is 32.6 Å². The number of aryl methyl sites for hydroxylation is 2. The van der Waals surface area contributed by atoms with E-state index in [0.717, 1.165) is 27.7 Å². The first-order chi connectivity index (χ1) is 14.4. The normalized spacial score (nSPS) is 18.7. The van der Waals surface area contributed by atoms with Crippen LogP contribution in [-0.2, 0) is 25.4 Å². The van der Waals surface area contributed by atoms with Gasteiger partial charge in [0.05, 0.1) is 28.4 Å². The van der Waals surface area contributed by atoms with Crippen LogP contribution in [0.4, 0.5) is 0 Å². The topological polar surface area (TPSA) is 71.0 Å². The molecule has 2 unspecified atom stereocenters. The zero-order valence-electron chi connectivity index (χ0n) is 17.2. The highest BCUT2D eigenvalue weighted by Crippen LogP contribution is 2.42. The second-order valence-electron chi connectivity index (χ2n) is 7.79. The molecule has 0 saturated carbocycles. The number of hydrogen-bond acceptors (Lipinski definition) is 5. The van der Waals surface area contributed by atoms with Gasteiger partial charge in [-0.2, -0.15) is 0 Å². The molecular weight excluding hydrogens is 400 g/mol. The molecule has 4 heterocycles. The van der Waals surface area contributed by atoms with Crippen LogP contribution in [0.1, 0.15) is 29.4 Å². The first-order valence-electron chi connectivity index (χ1n) is 9.83. The van der Waals surface area contributed by atoms with Gasteiger partial charge in [0.1, 0.15) is 5.01 Å². The van der Waals surface area contributed by atoms with E-state index in [2.05, 4.69) is 9.55 Å². The Morgan fingerprint density at radius 2 is 1.87 bits per heavy atom. The van der Waals surface area contributed by atoms with Crippen molar-refractivity contribution < 1.29 is 4.74 Å². The molecule has 0 radical (unpaired) electrons. The fraction of sp³-hybridized carbons (Fsp3) is 0.318. The van der Waals surface area contributed by atoms with Gasteiger partial charge >= 0.3 is 5.69 Å². The van der Waals surface area contributed by atoms with Crippen molar-refractivity contribution in [2.24, 2.45) is 14.1 Å². The van der Waals surface area contributed by atoms with Crippen molar-refractivity contribution in [1.82, 2.24) is 18.7 Å². The average Bonchev–Trinajstić information content (AvgIpc) is 3.32. The Hall–Kier alpha value is -2.97. The number of nitrogens with zero attached hydrogens (tertiary/aromatic N) is 4. The van der Waals surface area contributed by atoms with E-state index in [4.69, 9.17) is 4.74 Å². The molecule has 0 fully saturated rings. The van der Waals surface area contributed by atoms with Gasteiger partial charge in [0.25, 0.3) is 5.56 Å². The minimum absolute atomic E-state index is 0.0724. The molecule has 0 aliphatic carbocycles. The third-order valence-electron chi connectivity index (χ3n) is 5.67. The lowest BCUT2D eigenvalue weighted by atomic mass is 10.1. The highest BCUT2D eigenvalue weighted by atomic mass is 32.1. The molecule has 154 valence electrons. The van der Waals surface area contributed by atoms with E-state index >= 15 is 0 Å². The molecule has 2 atom stereocenters. The second-order valence-corrected chi connectivity index (χ2v) is 8.68. The van der Waals surface area contributed by atoms with Crippen molar-refractivity contribution in [3.63, 3.8) is 0 Å². The number of ether oxygens (including phenoxy) is 1. The number of hydrogen-bond donors (Lipinski definition) is 0. The van der Waals surface area contributed by atoms with E-state index in [0.29, 0.717) is 17.4 Å². The molecule has 1 aliphatic heterocycles. The zero-order valence-corrected chi connectivity index (χ0v) is 18.1. The van der Waals surface area contributed by atoms with Crippen LogP contribution in [0, 0.1) is 6.92 Å². The van der Waals surface area contributed by atoms with Crippen molar-refractivity contribution in [3.8, 4) is 11.3 Å². The van der Waals surface area contributed by atoms with Gasteiger partial charge in [-0.3, -0.25) is 13.9 Å². The van der Waals surface area contributed by atoms with E-state index in [1.807, 2.05) is 49.6 Å².